The Morgan fingerprint density at radius 3 is 2.27 bits per heavy atom. The maximum atomic E-state index is 5.83. The Labute approximate surface area is 71.0 Å². The van der Waals surface area contributed by atoms with Gasteiger partial charge < -0.3 is 5.73 Å². The number of aryl methyl sites for hydroxylation is 1. The quantitative estimate of drug-likeness (QED) is 0.431. The SMILES string of the molecule is Cc1cc(N)c([SiH3])c(C)c1C. The third-order valence-electron chi connectivity index (χ3n) is 2.52. The van der Waals surface area contributed by atoms with Crippen molar-refractivity contribution in [2.45, 2.75) is 20.8 Å². The van der Waals surface area contributed by atoms with Crippen LogP contribution in [0, 0.1) is 20.8 Å². The Bertz CT molecular complexity index is 266. The van der Waals surface area contributed by atoms with Crippen LogP contribution in [0.4, 0.5) is 5.69 Å². The van der Waals surface area contributed by atoms with Crippen molar-refractivity contribution in [3.05, 3.63) is 22.8 Å². The number of hydrogen-bond donors (Lipinski definition) is 1. The van der Waals surface area contributed by atoms with E-state index in [2.05, 4.69) is 26.8 Å². The van der Waals surface area contributed by atoms with Crippen molar-refractivity contribution in [2.24, 2.45) is 0 Å². The maximum Gasteiger partial charge on any atom is 0.0415 e. The van der Waals surface area contributed by atoms with Crippen molar-refractivity contribution < 1.29 is 0 Å². The van der Waals surface area contributed by atoms with Gasteiger partial charge in [-0.15, -0.1) is 0 Å². The molecule has 1 rings (SSSR count). The Morgan fingerprint density at radius 1 is 1.18 bits per heavy atom. The fraction of sp³-hybridized carbons (Fsp3) is 0.333. The summed E-state index contributed by atoms with van der Waals surface area (Å²) in [6.07, 6.45) is 0. The highest BCUT2D eigenvalue weighted by molar-refractivity contribution is 6.36. The molecule has 1 aromatic rings. The van der Waals surface area contributed by atoms with Crippen LogP contribution in [0.1, 0.15) is 16.7 Å². The lowest BCUT2D eigenvalue weighted by Crippen LogP contribution is -2.15. The molecule has 0 aliphatic carbocycles. The Hall–Kier alpha value is -0.763. The van der Waals surface area contributed by atoms with Gasteiger partial charge in [-0.3, -0.25) is 0 Å². The molecule has 0 aromatic heterocycles. The van der Waals surface area contributed by atoms with Gasteiger partial charge in [0.25, 0.3) is 0 Å². The maximum absolute atomic E-state index is 5.83. The molecule has 0 saturated heterocycles. The molecule has 0 saturated carbocycles. The first-order valence-corrected chi connectivity index (χ1v) is 4.87. The second kappa shape index (κ2) is 2.70. The van der Waals surface area contributed by atoms with Gasteiger partial charge in [-0.05, 0) is 48.7 Å². The first kappa shape index (κ1) is 8.33. The molecule has 0 radical (unpaired) electrons. The number of rotatable bonds is 0. The molecule has 2 heteroatoms. The lowest BCUT2D eigenvalue weighted by atomic mass is 10.0. The number of anilines is 1. The van der Waals surface area contributed by atoms with Crippen LogP contribution in [-0.2, 0) is 0 Å². The van der Waals surface area contributed by atoms with E-state index in [1.807, 2.05) is 0 Å². The molecular formula is C9H15NSi. The van der Waals surface area contributed by atoms with Crippen LogP contribution in [0.5, 0.6) is 0 Å². The van der Waals surface area contributed by atoms with Gasteiger partial charge in [0.05, 0.1) is 0 Å². The summed E-state index contributed by atoms with van der Waals surface area (Å²) in [7, 11) is 1.05. The van der Waals surface area contributed by atoms with E-state index < -0.39 is 0 Å². The predicted molar refractivity (Wildman–Crippen MR) is 54.6 cm³/mol. The Kier molecular flexibility index (Phi) is 2.05. The zero-order chi connectivity index (χ0) is 8.59. The molecule has 0 bridgehead atoms. The van der Waals surface area contributed by atoms with Crippen LogP contribution >= 0.6 is 0 Å². The summed E-state index contributed by atoms with van der Waals surface area (Å²) >= 11 is 0. The molecule has 0 heterocycles. The van der Waals surface area contributed by atoms with Gasteiger partial charge in [0, 0.05) is 15.9 Å². The molecule has 0 spiro atoms. The van der Waals surface area contributed by atoms with Crippen molar-refractivity contribution in [3.63, 3.8) is 0 Å². The van der Waals surface area contributed by atoms with Gasteiger partial charge in [0.1, 0.15) is 0 Å². The minimum Gasteiger partial charge on any atom is -0.399 e. The highest BCUT2D eigenvalue weighted by Crippen LogP contribution is 2.13. The lowest BCUT2D eigenvalue weighted by molar-refractivity contribution is 1.29. The molecule has 0 atom stereocenters. The summed E-state index contributed by atoms with van der Waals surface area (Å²) in [5, 5.41) is 1.35. The fourth-order valence-electron chi connectivity index (χ4n) is 1.24. The summed E-state index contributed by atoms with van der Waals surface area (Å²) in [4.78, 5) is 0. The normalized spacial score (nSPS) is 10.5. The van der Waals surface area contributed by atoms with E-state index >= 15 is 0 Å². The molecule has 1 aromatic carbocycles. The Balaban J connectivity index is 3.46. The molecule has 11 heavy (non-hydrogen) atoms. The van der Waals surface area contributed by atoms with Crippen LogP contribution in [0.2, 0.25) is 0 Å². The minimum absolute atomic E-state index is 0.970. The van der Waals surface area contributed by atoms with E-state index in [1.165, 1.54) is 21.9 Å². The van der Waals surface area contributed by atoms with Crippen molar-refractivity contribution >= 4 is 21.1 Å². The summed E-state index contributed by atoms with van der Waals surface area (Å²) < 4.78 is 0. The van der Waals surface area contributed by atoms with Gasteiger partial charge in [-0.1, -0.05) is 0 Å². The second-order valence-electron chi connectivity index (χ2n) is 3.16. The van der Waals surface area contributed by atoms with E-state index in [0.717, 1.165) is 15.9 Å². The highest BCUT2D eigenvalue weighted by Gasteiger charge is 2.02. The van der Waals surface area contributed by atoms with Gasteiger partial charge in [0.2, 0.25) is 0 Å². The molecule has 0 aliphatic rings. The molecule has 0 aliphatic heterocycles. The van der Waals surface area contributed by atoms with Crippen molar-refractivity contribution in [1.82, 2.24) is 0 Å². The summed E-state index contributed by atoms with van der Waals surface area (Å²) in [6, 6.07) is 2.07. The molecule has 0 fully saturated rings. The smallest absolute Gasteiger partial charge is 0.0415 e. The van der Waals surface area contributed by atoms with Crippen molar-refractivity contribution in [2.75, 3.05) is 5.73 Å². The third-order valence-corrected chi connectivity index (χ3v) is 3.85. The number of benzene rings is 1. The van der Waals surface area contributed by atoms with E-state index in [1.54, 1.807) is 0 Å². The van der Waals surface area contributed by atoms with Crippen LogP contribution in [0.3, 0.4) is 0 Å². The molecule has 2 N–H and O–H groups in total. The van der Waals surface area contributed by atoms with E-state index in [-0.39, 0.29) is 0 Å². The highest BCUT2D eigenvalue weighted by atomic mass is 28.1. The van der Waals surface area contributed by atoms with Crippen LogP contribution in [0.15, 0.2) is 6.07 Å². The van der Waals surface area contributed by atoms with E-state index in [9.17, 15) is 0 Å². The van der Waals surface area contributed by atoms with Gasteiger partial charge >= 0.3 is 0 Å². The standard InChI is InChI=1S/C9H15NSi/c1-5-4-8(10)9(11)7(3)6(5)2/h4H,10H2,1-3,11H3. The molecular weight excluding hydrogens is 150 g/mol. The third kappa shape index (κ3) is 1.31. The second-order valence-corrected chi connectivity index (χ2v) is 4.16. The van der Waals surface area contributed by atoms with Gasteiger partial charge in [0.15, 0.2) is 0 Å². The van der Waals surface area contributed by atoms with Crippen LogP contribution in [-0.4, -0.2) is 10.2 Å². The first-order valence-electron chi connectivity index (χ1n) is 3.87. The number of nitrogen functional groups attached to an aromatic ring is 1. The molecule has 1 nitrogen and oxygen atoms in total. The van der Waals surface area contributed by atoms with Crippen LogP contribution < -0.4 is 10.9 Å². The largest absolute Gasteiger partial charge is 0.399 e. The van der Waals surface area contributed by atoms with Crippen LogP contribution in [0.25, 0.3) is 0 Å². The van der Waals surface area contributed by atoms with Crippen molar-refractivity contribution in [3.8, 4) is 0 Å². The van der Waals surface area contributed by atoms with E-state index in [4.69, 9.17) is 5.73 Å². The Morgan fingerprint density at radius 2 is 1.73 bits per heavy atom. The molecule has 0 unspecified atom stereocenters. The van der Waals surface area contributed by atoms with Gasteiger partial charge in [-0.2, -0.15) is 0 Å². The summed E-state index contributed by atoms with van der Waals surface area (Å²) in [5.74, 6) is 0. The molecule has 60 valence electrons. The number of hydrogen-bond acceptors (Lipinski definition) is 1. The number of nitrogens with two attached hydrogens (primary N) is 1. The minimum atomic E-state index is 0.970. The average Bonchev–Trinajstić information content (AvgIpc) is 1.97. The predicted octanol–water partition coefficient (Wildman–Crippen LogP) is 0.185. The van der Waals surface area contributed by atoms with Crippen molar-refractivity contribution in [1.29, 1.82) is 0 Å². The summed E-state index contributed by atoms with van der Waals surface area (Å²) in [6.45, 7) is 6.42. The zero-order valence-corrected chi connectivity index (χ0v) is 9.65. The average molecular weight is 165 g/mol. The summed E-state index contributed by atoms with van der Waals surface area (Å²) in [5.41, 5.74) is 10.9. The fourth-order valence-corrected chi connectivity index (χ4v) is 1.76. The monoisotopic (exact) mass is 165 g/mol. The lowest BCUT2D eigenvalue weighted by Gasteiger charge is -2.10. The zero-order valence-electron chi connectivity index (χ0n) is 7.65. The van der Waals surface area contributed by atoms with Gasteiger partial charge in [-0.25, -0.2) is 0 Å². The van der Waals surface area contributed by atoms with E-state index in [0.29, 0.717) is 0 Å². The molecule has 0 amide bonds. The first-order chi connectivity index (χ1) is 5.04. The topological polar surface area (TPSA) is 26.0 Å².